The van der Waals surface area contributed by atoms with Crippen LogP contribution in [0.15, 0.2) is 56.3 Å². The van der Waals surface area contributed by atoms with Crippen molar-refractivity contribution in [2.45, 2.75) is 19.9 Å². The van der Waals surface area contributed by atoms with Crippen molar-refractivity contribution < 1.29 is 14.1 Å². The van der Waals surface area contributed by atoms with E-state index < -0.39 is 4.92 Å². The molecule has 27 heavy (non-hydrogen) atoms. The Morgan fingerprint density at radius 1 is 1.26 bits per heavy atom. The van der Waals surface area contributed by atoms with Crippen LogP contribution < -0.4 is 9.54 Å². The van der Waals surface area contributed by atoms with Crippen molar-refractivity contribution in [2.75, 3.05) is 7.11 Å². The first-order valence-corrected chi connectivity index (χ1v) is 9.03. The minimum atomic E-state index is -0.586. The number of nitro groups is 1. The van der Waals surface area contributed by atoms with Crippen LogP contribution in [0.2, 0.25) is 0 Å². The van der Waals surface area contributed by atoms with Crippen LogP contribution in [0.4, 0.5) is 5.88 Å². The molecule has 0 radical (unpaired) electrons. The number of nitrogens with zero attached hydrogens (tertiary/aromatic N) is 4. The molecular weight excluding hydrogens is 368 g/mol. The number of hydrogen-bond acceptors (Lipinski definition) is 7. The van der Waals surface area contributed by atoms with Crippen molar-refractivity contribution in [3.63, 3.8) is 0 Å². The second-order valence-electron chi connectivity index (χ2n) is 5.84. The number of furan rings is 1. The van der Waals surface area contributed by atoms with Gasteiger partial charge in [-0.05, 0) is 44.2 Å². The van der Waals surface area contributed by atoms with Crippen molar-refractivity contribution in [3.05, 3.63) is 62.5 Å². The lowest BCUT2D eigenvalue weighted by Gasteiger charge is -2.05. The van der Waals surface area contributed by atoms with Gasteiger partial charge in [0, 0.05) is 17.0 Å². The quantitative estimate of drug-likeness (QED) is 0.364. The molecule has 140 valence electrons. The number of aromatic nitrogens is 1. The largest absolute Gasteiger partial charge is 0.497 e. The highest BCUT2D eigenvalue weighted by molar-refractivity contribution is 7.07. The second-order valence-corrected chi connectivity index (χ2v) is 6.68. The average molecular weight is 386 g/mol. The smallest absolute Gasteiger partial charge is 0.433 e. The van der Waals surface area contributed by atoms with E-state index in [1.165, 1.54) is 29.7 Å². The zero-order valence-electron chi connectivity index (χ0n) is 15.0. The highest BCUT2D eigenvalue weighted by Gasteiger charge is 2.12. The molecule has 0 saturated heterocycles. The third kappa shape index (κ3) is 4.32. The number of methoxy groups -OCH3 is 1. The van der Waals surface area contributed by atoms with Gasteiger partial charge in [-0.2, -0.15) is 5.10 Å². The molecule has 2 aromatic heterocycles. The normalized spacial score (nSPS) is 12.2. The molecule has 0 bridgehead atoms. The molecule has 9 heteroatoms. The summed E-state index contributed by atoms with van der Waals surface area (Å²) < 4.78 is 12.0. The zero-order chi connectivity index (χ0) is 19.4. The van der Waals surface area contributed by atoms with Crippen LogP contribution >= 0.6 is 11.3 Å². The summed E-state index contributed by atoms with van der Waals surface area (Å²) in [6.07, 6.45) is 1.44. The summed E-state index contributed by atoms with van der Waals surface area (Å²) in [5.74, 6) is 0.727. The van der Waals surface area contributed by atoms with Gasteiger partial charge in [-0.25, -0.2) is 4.68 Å². The van der Waals surface area contributed by atoms with Crippen LogP contribution in [0.3, 0.4) is 0 Å². The number of thiazole rings is 1. The molecule has 0 aliphatic carbocycles. The summed E-state index contributed by atoms with van der Waals surface area (Å²) in [7, 11) is 1.62. The topological polar surface area (TPSA) is 95.2 Å². The Balaban J connectivity index is 2.03. The van der Waals surface area contributed by atoms with Crippen LogP contribution in [-0.2, 0) is 0 Å². The van der Waals surface area contributed by atoms with E-state index in [0.717, 1.165) is 17.0 Å². The average Bonchev–Trinajstić information content (AvgIpc) is 3.27. The molecule has 3 rings (SSSR count). The molecule has 3 aromatic rings. The van der Waals surface area contributed by atoms with E-state index >= 15 is 0 Å². The van der Waals surface area contributed by atoms with Gasteiger partial charge in [0.2, 0.25) is 4.80 Å². The van der Waals surface area contributed by atoms with Crippen LogP contribution in [0, 0.1) is 10.1 Å². The van der Waals surface area contributed by atoms with Gasteiger partial charge < -0.3 is 9.15 Å². The Hall–Kier alpha value is -3.20. The third-order valence-electron chi connectivity index (χ3n) is 3.53. The molecule has 0 unspecified atom stereocenters. The van der Waals surface area contributed by atoms with E-state index in [9.17, 15) is 10.1 Å². The molecule has 0 aliphatic rings. The maximum absolute atomic E-state index is 10.8. The number of hydrogen-bond donors (Lipinski definition) is 0. The first-order valence-electron chi connectivity index (χ1n) is 8.15. The SMILES string of the molecule is COc1ccc(-c2csc(=NC(C)C)n2N=Cc2ccc([N+](=O)[O-])o2)cc1. The molecule has 2 heterocycles. The van der Waals surface area contributed by atoms with Gasteiger partial charge >= 0.3 is 5.88 Å². The standard InChI is InChI=1S/C18H18N4O4S/c1-12(2)20-18-21(19-10-15-8-9-17(26-15)22(23)24)16(11-27-18)13-4-6-14(25-3)7-5-13/h4-12H,1-3H3. The van der Waals surface area contributed by atoms with Crippen LogP contribution in [0.25, 0.3) is 11.3 Å². The van der Waals surface area contributed by atoms with Crippen molar-refractivity contribution in [2.24, 2.45) is 10.1 Å². The van der Waals surface area contributed by atoms with Crippen molar-refractivity contribution in [1.82, 2.24) is 4.68 Å². The fraction of sp³-hybridized carbons (Fsp3) is 0.222. The van der Waals surface area contributed by atoms with Crippen LogP contribution in [0.1, 0.15) is 19.6 Å². The first kappa shape index (κ1) is 18.6. The summed E-state index contributed by atoms with van der Waals surface area (Å²) in [6.45, 7) is 3.97. The maximum Gasteiger partial charge on any atom is 0.433 e. The minimum absolute atomic E-state index is 0.0958. The highest BCUT2D eigenvalue weighted by atomic mass is 32.1. The van der Waals surface area contributed by atoms with Gasteiger partial charge in [0.1, 0.15) is 10.7 Å². The molecule has 0 spiro atoms. The van der Waals surface area contributed by atoms with Crippen molar-refractivity contribution in [1.29, 1.82) is 0 Å². The van der Waals surface area contributed by atoms with Gasteiger partial charge in [0.05, 0.1) is 25.1 Å². The van der Waals surface area contributed by atoms with E-state index in [1.807, 2.05) is 43.5 Å². The predicted molar refractivity (Wildman–Crippen MR) is 103 cm³/mol. The Morgan fingerprint density at radius 3 is 2.59 bits per heavy atom. The van der Waals surface area contributed by atoms with E-state index in [1.54, 1.807) is 11.8 Å². The van der Waals surface area contributed by atoms with Gasteiger partial charge in [-0.3, -0.25) is 15.1 Å². The molecule has 0 aliphatic heterocycles. The number of rotatable bonds is 6. The Bertz CT molecular complexity index is 1030. The molecular formula is C18H18N4O4S. The van der Waals surface area contributed by atoms with Crippen molar-refractivity contribution >= 4 is 23.4 Å². The van der Waals surface area contributed by atoms with Gasteiger partial charge in [-0.15, -0.1) is 11.3 Å². The Labute approximate surface area is 159 Å². The van der Waals surface area contributed by atoms with E-state index in [4.69, 9.17) is 9.15 Å². The summed E-state index contributed by atoms with van der Waals surface area (Å²) in [4.78, 5) is 15.5. The lowest BCUT2D eigenvalue weighted by Crippen LogP contribution is -2.14. The van der Waals surface area contributed by atoms with Gasteiger partial charge in [0.15, 0.2) is 5.76 Å². The molecule has 0 N–H and O–H groups in total. The molecule has 0 atom stereocenters. The van der Waals surface area contributed by atoms with Gasteiger partial charge in [0.25, 0.3) is 0 Å². The fourth-order valence-corrected chi connectivity index (χ4v) is 3.28. The molecule has 8 nitrogen and oxygen atoms in total. The second kappa shape index (κ2) is 8.00. The van der Waals surface area contributed by atoms with E-state index in [-0.39, 0.29) is 17.7 Å². The molecule has 0 saturated carbocycles. The third-order valence-corrected chi connectivity index (χ3v) is 4.36. The summed E-state index contributed by atoms with van der Waals surface area (Å²) >= 11 is 1.47. The highest BCUT2D eigenvalue weighted by Crippen LogP contribution is 2.23. The summed E-state index contributed by atoms with van der Waals surface area (Å²) in [6, 6.07) is 10.5. The summed E-state index contributed by atoms with van der Waals surface area (Å²) in [5.41, 5.74) is 1.79. The van der Waals surface area contributed by atoms with Crippen molar-refractivity contribution in [3.8, 4) is 17.0 Å². The predicted octanol–water partition coefficient (Wildman–Crippen LogP) is 3.92. The van der Waals surface area contributed by atoms with E-state index in [0.29, 0.717) is 4.80 Å². The monoisotopic (exact) mass is 386 g/mol. The van der Waals surface area contributed by atoms with Gasteiger partial charge in [-0.1, -0.05) is 0 Å². The zero-order valence-corrected chi connectivity index (χ0v) is 15.8. The Kier molecular flexibility index (Phi) is 5.51. The minimum Gasteiger partial charge on any atom is -0.497 e. The number of ether oxygens (including phenoxy) is 1. The first-order chi connectivity index (χ1) is 13.0. The lowest BCUT2D eigenvalue weighted by molar-refractivity contribution is -0.402. The summed E-state index contributed by atoms with van der Waals surface area (Å²) in [5, 5.41) is 17.2. The number of benzene rings is 1. The molecule has 0 amide bonds. The molecule has 0 fully saturated rings. The van der Waals surface area contributed by atoms with Crippen LogP contribution in [-0.4, -0.2) is 29.0 Å². The Morgan fingerprint density at radius 2 is 2.00 bits per heavy atom. The van der Waals surface area contributed by atoms with Crippen LogP contribution in [0.5, 0.6) is 5.75 Å². The lowest BCUT2D eigenvalue weighted by atomic mass is 10.2. The maximum atomic E-state index is 10.8. The van der Waals surface area contributed by atoms with E-state index in [2.05, 4.69) is 10.1 Å². The fourth-order valence-electron chi connectivity index (χ4n) is 2.31. The molecule has 1 aromatic carbocycles.